The van der Waals surface area contributed by atoms with E-state index in [1.54, 1.807) is 18.2 Å². The number of benzene rings is 2. The lowest BCUT2D eigenvalue weighted by Crippen LogP contribution is -2.32. The Morgan fingerprint density at radius 1 is 0.970 bits per heavy atom. The Hall–Kier alpha value is -2.94. The average molecular weight is 476 g/mol. The molecule has 3 rings (SSSR count). The van der Waals surface area contributed by atoms with Crippen molar-refractivity contribution in [2.45, 2.75) is 33.2 Å². The van der Waals surface area contributed by atoms with Crippen molar-refractivity contribution in [3.05, 3.63) is 48.0 Å². The van der Waals surface area contributed by atoms with Crippen LogP contribution in [0.4, 0.5) is 11.4 Å². The first-order chi connectivity index (χ1) is 15.8. The molecule has 1 amide bonds. The zero-order valence-electron chi connectivity index (χ0n) is 19.5. The molecule has 0 radical (unpaired) electrons. The van der Waals surface area contributed by atoms with Crippen LogP contribution in [0.25, 0.3) is 0 Å². The maximum Gasteiger partial charge on any atom is 0.232 e. The third-order valence-corrected chi connectivity index (χ3v) is 6.73. The highest BCUT2D eigenvalue weighted by Crippen LogP contribution is 2.34. The zero-order valence-corrected chi connectivity index (χ0v) is 20.4. The van der Waals surface area contributed by atoms with E-state index in [4.69, 9.17) is 9.47 Å². The van der Waals surface area contributed by atoms with Gasteiger partial charge in [-0.25, -0.2) is 8.42 Å². The van der Waals surface area contributed by atoms with E-state index in [1.807, 2.05) is 12.1 Å². The summed E-state index contributed by atoms with van der Waals surface area (Å²) < 4.78 is 37.1. The molecule has 0 saturated heterocycles. The minimum absolute atomic E-state index is 0.113. The number of nitrogens with one attached hydrogen (secondary N) is 1. The van der Waals surface area contributed by atoms with Crippen molar-refractivity contribution in [3.63, 3.8) is 0 Å². The molecule has 0 spiro atoms. The summed E-state index contributed by atoms with van der Waals surface area (Å²) in [7, 11) is -3.51. The third-order valence-electron chi connectivity index (χ3n) is 5.53. The molecule has 180 valence electrons. The summed E-state index contributed by atoms with van der Waals surface area (Å²) in [4.78, 5) is 14.6. The van der Waals surface area contributed by atoms with E-state index in [0.29, 0.717) is 43.4 Å². The predicted octanol–water partition coefficient (Wildman–Crippen LogP) is 3.17. The van der Waals surface area contributed by atoms with Gasteiger partial charge >= 0.3 is 0 Å². The fraction of sp³-hybridized carbons (Fsp3) is 0.458. The molecular weight excluding hydrogens is 442 g/mol. The fourth-order valence-electron chi connectivity index (χ4n) is 3.76. The first-order valence-corrected chi connectivity index (χ1v) is 13.1. The smallest absolute Gasteiger partial charge is 0.232 e. The predicted molar refractivity (Wildman–Crippen MR) is 131 cm³/mol. The Bertz CT molecular complexity index is 1040. The van der Waals surface area contributed by atoms with Gasteiger partial charge in [0.1, 0.15) is 13.2 Å². The van der Waals surface area contributed by atoms with Gasteiger partial charge < -0.3 is 19.7 Å². The highest BCUT2D eigenvalue weighted by Gasteiger charge is 2.21. The second kappa shape index (κ2) is 11.3. The van der Waals surface area contributed by atoms with Gasteiger partial charge in [0.2, 0.25) is 15.9 Å². The number of rotatable bonds is 11. The van der Waals surface area contributed by atoms with Gasteiger partial charge in [0, 0.05) is 44.4 Å². The van der Waals surface area contributed by atoms with E-state index >= 15 is 0 Å². The molecular formula is C24H33N3O5S. The number of nitrogens with zero attached hydrogens (tertiary/aromatic N) is 2. The van der Waals surface area contributed by atoms with Crippen molar-refractivity contribution in [1.29, 1.82) is 0 Å². The molecule has 33 heavy (non-hydrogen) atoms. The standard InChI is InChI=1S/C24H33N3O5S/c1-4-26(5-2)20-10-8-19(9-11-20)18-25-24(28)7-6-14-27(33(3,29)30)21-12-13-22-23(17-21)32-16-15-31-22/h8-13,17H,4-7,14-16,18H2,1-3H3,(H,25,28). The number of anilines is 2. The number of carbonyl (C=O) groups excluding carboxylic acids is 1. The molecule has 0 bridgehead atoms. The Labute approximate surface area is 196 Å². The molecule has 0 aliphatic carbocycles. The van der Waals surface area contributed by atoms with E-state index in [1.165, 1.54) is 4.31 Å². The minimum Gasteiger partial charge on any atom is -0.486 e. The van der Waals surface area contributed by atoms with Crippen LogP contribution in [0.15, 0.2) is 42.5 Å². The number of hydrogen-bond donors (Lipinski definition) is 1. The molecule has 2 aromatic carbocycles. The van der Waals surface area contributed by atoms with Crippen LogP contribution in [-0.2, 0) is 21.4 Å². The van der Waals surface area contributed by atoms with Gasteiger partial charge in [0.05, 0.1) is 11.9 Å². The van der Waals surface area contributed by atoms with Crippen molar-refractivity contribution in [2.75, 3.05) is 48.3 Å². The molecule has 1 aliphatic heterocycles. The van der Waals surface area contributed by atoms with Gasteiger partial charge in [-0.15, -0.1) is 0 Å². The van der Waals surface area contributed by atoms with Crippen molar-refractivity contribution in [3.8, 4) is 11.5 Å². The molecule has 0 unspecified atom stereocenters. The molecule has 8 nitrogen and oxygen atoms in total. The number of hydrogen-bond acceptors (Lipinski definition) is 6. The van der Waals surface area contributed by atoms with Crippen LogP contribution in [0.3, 0.4) is 0 Å². The van der Waals surface area contributed by atoms with E-state index in [0.717, 1.165) is 30.6 Å². The maximum atomic E-state index is 12.4. The Balaban J connectivity index is 1.51. The molecule has 9 heteroatoms. The van der Waals surface area contributed by atoms with Gasteiger partial charge in [0.15, 0.2) is 11.5 Å². The van der Waals surface area contributed by atoms with Crippen molar-refractivity contribution < 1.29 is 22.7 Å². The van der Waals surface area contributed by atoms with Crippen LogP contribution in [0.1, 0.15) is 32.3 Å². The second-order valence-electron chi connectivity index (χ2n) is 7.88. The number of ether oxygens (including phenoxy) is 2. The Morgan fingerprint density at radius 2 is 1.61 bits per heavy atom. The van der Waals surface area contributed by atoms with Crippen LogP contribution in [0.2, 0.25) is 0 Å². The topological polar surface area (TPSA) is 88.2 Å². The summed E-state index contributed by atoms with van der Waals surface area (Å²) in [6.07, 6.45) is 1.79. The van der Waals surface area contributed by atoms with Gasteiger partial charge in [-0.05, 0) is 50.1 Å². The van der Waals surface area contributed by atoms with Crippen LogP contribution in [-0.4, -0.2) is 53.4 Å². The van der Waals surface area contributed by atoms with Crippen LogP contribution in [0, 0.1) is 0 Å². The van der Waals surface area contributed by atoms with Crippen molar-refractivity contribution >= 4 is 27.3 Å². The van der Waals surface area contributed by atoms with Crippen molar-refractivity contribution in [1.82, 2.24) is 5.32 Å². The minimum atomic E-state index is -3.51. The fourth-order valence-corrected chi connectivity index (χ4v) is 4.72. The van der Waals surface area contributed by atoms with Crippen molar-refractivity contribution in [2.24, 2.45) is 0 Å². The van der Waals surface area contributed by atoms with Gasteiger partial charge in [-0.2, -0.15) is 0 Å². The summed E-state index contributed by atoms with van der Waals surface area (Å²) in [5.41, 5.74) is 2.68. The highest BCUT2D eigenvalue weighted by atomic mass is 32.2. The van der Waals surface area contributed by atoms with E-state index in [9.17, 15) is 13.2 Å². The van der Waals surface area contributed by atoms with Gasteiger partial charge in [0.25, 0.3) is 0 Å². The molecule has 1 heterocycles. The molecule has 0 fully saturated rings. The quantitative estimate of drug-likeness (QED) is 0.537. The zero-order chi connectivity index (χ0) is 23.8. The first-order valence-electron chi connectivity index (χ1n) is 11.3. The average Bonchev–Trinajstić information content (AvgIpc) is 2.81. The molecule has 0 aromatic heterocycles. The summed E-state index contributed by atoms with van der Waals surface area (Å²) in [6, 6.07) is 13.2. The summed E-state index contributed by atoms with van der Waals surface area (Å²) in [5.74, 6) is 1.01. The first kappa shape index (κ1) is 24.7. The molecule has 1 aliphatic rings. The molecule has 1 N–H and O–H groups in total. The van der Waals surface area contributed by atoms with E-state index < -0.39 is 10.0 Å². The van der Waals surface area contributed by atoms with Gasteiger partial charge in [-0.3, -0.25) is 9.10 Å². The lowest BCUT2D eigenvalue weighted by atomic mass is 10.2. The normalized spacial score (nSPS) is 12.8. The molecule has 0 saturated carbocycles. The number of sulfonamides is 1. The van der Waals surface area contributed by atoms with Crippen LogP contribution < -0.4 is 24.0 Å². The molecule has 2 aromatic rings. The van der Waals surface area contributed by atoms with E-state index in [-0.39, 0.29) is 18.9 Å². The summed E-state index contributed by atoms with van der Waals surface area (Å²) >= 11 is 0. The summed E-state index contributed by atoms with van der Waals surface area (Å²) in [5, 5.41) is 2.91. The maximum absolute atomic E-state index is 12.4. The SMILES string of the molecule is CCN(CC)c1ccc(CNC(=O)CCCN(c2ccc3c(c2)OCCO3)S(C)(=O)=O)cc1. The second-order valence-corrected chi connectivity index (χ2v) is 9.79. The Kier molecular flexibility index (Phi) is 8.43. The largest absolute Gasteiger partial charge is 0.486 e. The highest BCUT2D eigenvalue weighted by molar-refractivity contribution is 7.92. The lowest BCUT2D eigenvalue weighted by Gasteiger charge is -2.25. The van der Waals surface area contributed by atoms with Crippen LogP contribution >= 0.6 is 0 Å². The number of fused-ring (bicyclic) bond motifs is 1. The molecule has 0 atom stereocenters. The van der Waals surface area contributed by atoms with Crippen LogP contribution in [0.5, 0.6) is 11.5 Å². The summed E-state index contributed by atoms with van der Waals surface area (Å²) in [6.45, 7) is 7.67. The third kappa shape index (κ3) is 6.77. The van der Waals surface area contributed by atoms with Gasteiger partial charge in [-0.1, -0.05) is 12.1 Å². The number of amides is 1. The van der Waals surface area contributed by atoms with E-state index in [2.05, 4.69) is 36.2 Å². The number of carbonyl (C=O) groups is 1. The monoisotopic (exact) mass is 475 g/mol. The Morgan fingerprint density at radius 3 is 2.24 bits per heavy atom. The lowest BCUT2D eigenvalue weighted by molar-refractivity contribution is -0.121.